The van der Waals surface area contributed by atoms with Gasteiger partial charge in [0.1, 0.15) is 16.4 Å². The van der Waals surface area contributed by atoms with Gasteiger partial charge in [-0.2, -0.15) is 0 Å². The summed E-state index contributed by atoms with van der Waals surface area (Å²) in [5.74, 6) is 2.14. The minimum Gasteiger partial charge on any atom is -0.497 e. The van der Waals surface area contributed by atoms with Gasteiger partial charge in [-0.05, 0) is 43.2 Å². The van der Waals surface area contributed by atoms with Gasteiger partial charge in [-0.15, -0.1) is 11.3 Å². The molecule has 4 rings (SSSR count). The average Bonchev–Trinajstić information content (AvgIpc) is 3.38. The molecule has 1 fully saturated rings. The fourth-order valence-electron chi connectivity index (χ4n) is 4.08. The Kier molecular flexibility index (Phi) is 7.18. The molecule has 2 aromatic carbocycles. The van der Waals surface area contributed by atoms with Crippen LogP contribution in [0.3, 0.4) is 0 Å². The maximum atomic E-state index is 13.4. The van der Waals surface area contributed by atoms with Crippen LogP contribution < -0.4 is 23.8 Å². The molecular weight excluding hydrogens is 476 g/mol. The highest BCUT2D eigenvalue weighted by atomic mass is 32.2. The number of aromatic nitrogens is 1. The zero-order chi connectivity index (χ0) is 24.3. The molecule has 182 valence electrons. The molecule has 1 saturated heterocycles. The van der Waals surface area contributed by atoms with E-state index in [1.807, 2.05) is 23.6 Å². The second-order valence-electron chi connectivity index (χ2n) is 7.83. The van der Waals surface area contributed by atoms with Crippen LogP contribution in [-0.4, -0.2) is 60.2 Å². The van der Waals surface area contributed by atoms with E-state index in [1.54, 1.807) is 37.7 Å². The summed E-state index contributed by atoms with van der Waals surface area (Å²) in [5.41, 5.74) is 1.78. The molecule has 0 amide bonds. The van der Waals surface area contributed by atoms with Gasteiger partial charge < -0.3 is 23.8 Å². The first-order valence-electron chi connectivity index (χ1n) is 10.8. The topological polar surface area (TPSA) is 87.2 Å². The van der Waals surface area contributed by atoms with Crippen molar-refractivity contribution in [2.45, 2.75) is 23.0 Å². The molecule has 34 heavy (non-hydrogen) atoms. The maximum absolute atomic E-state index is 13.4. The molecular formula is C24H28N2O6S2. The van der Waals surface area contributed by atoms with Crippen LogP contribution in [0.5, 0.6) is 23.0 Å². The van der Waals surface area contributed by atoms with E-state index in [0.29, 0.717) is 48.9 Å². The lowest BCUT2D eigenvalue weighted by molar-refractivity contribution is 0.355. The van der Waals surface area contributed by atoms with Crippen LogP contribution in [0, 0.1) is 0 Å². The van der Waals surface area contributed by atoms with Crippen LogP contribution in [0.25, 0.3) is 11.3 Å². The molecule has 1 aliphatic heterocycles. The fraction of sp³-hybridized carbons (Fsp3) is 0.375. The van der Waals surface area contributed by atoms with E-state index in [0.717, 1.165) is 16.4 Å². The second-order valence-corrected chi connectivity index (χ2v) is 10.9. The van der Waals surface area contributed by atoms with Crippen LogP contribution in [0.2, 0.25) is 0 Å². The molecule has 3 aromatic rings. The molecule has 0 saturated carbocycles. The van der Waals surface area contributed by atoms with Gasteiger partial charge in [-0.3, -0.25) is 0 Å². The zero-order valence-corrected chi connectivity index (χ0v) is 21.2. The number of sulfone groups is 1. The molecule has 0 atom stereocenters. The summed E-state index contributed by atoms with van der Waals surface area (Å²) in [6, 6.07) is 10.6. The fourth-order valence-corrected chi connectivity index (χ4v) is 6.87. The maximum Gasteiger partial charge on any atom is 0.185 e. The van der Waals surface area contributed by atoms with E-state index in [1.165, 1.54) is 20.3 Å². The number of hydrogen-bond acceptors (Lipinski definition) is 9. The largest absolute Gasteiger partial charge is 0.497 e. The number of rotatable bonds is 8. The highest BCUT2D eigenvalue weighted by molar-refractivity contribution is 7.92. The molecule has 1 aromatic heterocycles. The van der Waals surface area contributed by atoms with Crippen LogP contribution in [0.15, 0.2) is 46.7 Å². The first-order chi connectivity index (χ1) is 16.4. The van der Waals surface area contributed by atoms with Crippen molar-refractivity contribution in [2.75, 3.05) is 46.4 Å². The van der Waals surface area contributed by atoms with E-state index in [9.17, 15) is 8.42 Å². The summed E-state index contributed by atoms with van der Waals surface area (Å²) in [5, 5.41) is 2.38. The summed E-state index contributed by atoms with van der Waals surface area (Å²) in [4.78, 5) is 7.11. The minimum absolute atomic E-state index is 0.179. The molecule has 0 N–H and O–H groups in total. The van der Waals surface area contributed by atoms with Gasteiger partial charge in [0.05, 0.1) is 39.4 Å². The molecule has 10 heteroatoms. The average molecular weight is 505 g/mol. The quantitative estimate of drug-likeness (QED) is 0.449. The number of ether oxygens (including phenoxy) is 4. The van der Waals surface area contributed by atoms with Crippen molar-refractivity contribution in [1.29, 1.82) is 0 Å². The Morgan fingerprint density at radius 1 is 0.882 bits per heavy atom. The SMILES string of the molecule is COc1ccc(OC)c(S(=O)(=O)C2CCN(c3nc(-c4ccc(OC)c(OC)c4)cs3)CC2)c1. The normalized spacial score (nSPS) is 14.6. The van der Waals surface area contributed by atoms with Gasteiger partial charge in [0.15, 0.2) is 26.5 Å². The zero-order valence-electron chi connectivity index (χ0n) is 19.6. The third-order valence-corrected chi connectivity index (χ3v) is 9.18. The van der Waals surface area contributed by atoms with Crippen LogP contribution >= 0.6 is 11.3 Å². The van der Waals surface area contributed by atoms with Gasteiger partial charge in [-0.1, -0.05) is 0 Å². The molecule has 0 aliphatic carbocycles. The monoisotopic (exact) mass is 504 g/mol. The molecule has 2 heterocycles. The van der Waals surface area contributed by atoms with Crippen molar-refractivity contribution in [3.63, 3.8) is 0 Å². The lowest BCUT2D eigenvalue weighted by atomic mass is 10.1. The van der Waals surface area contributed by atoms with E-state index >= 15 is 0 Å². The van der Waals surface area contributed by atoms with Gasteiger partial charge in [0, 0.05) is 30.1 Å². The van der Waals surface area contributed by atoms with E-state index < -0.39 is 15.1 Å². The van der Waals surface area contributed by atoms with Crippen molar-refractivity contribution in [2.24, 2.45) is 0 Å². The minimum atomic E-state index is -3.57. The predicted octanol–water partition coefficient (Wildman–Crippen LogP) is 4.29. The Labute approximate surface area is 204 Å². The molecule has 8 nitrogen and oxygen atoms in total. The van der Waals surface area contributed by atoms with E-state index in [2.05, 4.69) is 4.90 Å². The molecule has 0 spiro atoms. The van der Waals surface area contributed by atoms with Crippen LogP contribution in [0.4, 0.5) is 5.13 Å². The highest BCUT2D eigenvalue weighted by Gasteiger charge is 2.34. The number of benzene rings is 2. The highest BCUT2D eigenvalue weighted by Crippen LogP contribution is 2.37. The summed E-state index contributed by atoms with van der Waals surface area (Å²) in [6.07, 6.45) is 1.02. The van der Waals surface area contributed by atoms with Crippen LogP contribution in [0.1, 0.15) is 12.8 Å². The predicted molar refractivity (Wildman–Crippen MR) is 133 cm³/mol. The first-order valence-corrected chi connectivity index (χ1v) is 13.2. The summed E-state index contributed by atoms with van der Waals surface area (Å²) >= 11 is 1.55. The first kappa shape index (κ1) is 24.2. The third-order valence-electron chi connectivity index (χ3n) is 6.00. The molecule has 0 radical (unpaired) electrons. The number of thiazole rings is 1. The van der Waals surface area contributed by atoms with E-state index in [-0.39, 0.29) is 4.90 Å². The summed E-state index contributed by atoms with van der Waals surface area (Å²) in [7, 11) is 2.63. The molecule has 0 bridgehead atoms. The standard InChI is InChI=1S/C24H28N2O6S2/c1-29-17-6-8-21(31-3)23(14-17)34(27,28)18-9-11-26(12-10-18)24-25-19(15-33-24)16-5-7-20(30-2)22(13-16)32-4/h5-8,13-15,18H,9-12H2,1-4H3. The Morgan fingerprint density at radius 2 is 1.56 bits per heavy atom. The Bertz CT molecular complexity index is 1250. The third kappa shape index (κ3) is 4.65. The Morgan fingerprint density at radius 3 is 2.21 bits per heavy atom. The van der Waals surface area contributed by atoms with Gasteiger partial charge in [0.2, 0.25) is 0 Å². The van der Waals surface area contributed by atoms with Gasteiger partial charge >= 0.3 is 0 Å². The smallest absolute Gasteiger partial charge is 0.185 e. The van der Waals surface area contributed by atoms with Crippen molar-refractivity contribution >= 4 is 26.3 Å². The summed E-state index contributed by atoms with van der Waals surface area (Å²) < 4.78 is 48.0. The van der Waals surface area contributed by atoms with Crippen molar-refractivity contribution < 1.29 is 27.4 Å². The van der Waals surface area contributed by atoms with Gasteiger partial charge in [-0.25, -0.2) is 13.4 Å². The lowest BCUT2D eigenvalue weighted by Crippen LogP contribution is -2.39. The number of piperidine rings is 1. The number of anilines is 1. The van der Waals surface area contributed by atoms with E-state index in [4.69, 9.17) is 23.9 Å². The van der Waals surface area contributed by atoms with Gasteiger partial charge in [0.25, 0.3) is 0 Å². The number of methoxy groups -OCH3 is 4. The van der Waals surface area contributed by atoms with Crippen molar-refractivity contribution in [1.82, 2.24) is 4.98 Å². The molecule has 0 unspecified atom stereocenters. The Hall–Kier alpha value is -2.98. The Balaban J connectivity index is 1.48. The van der Waals surface area contributed by atoms with Crippen molar-refractivity contribution in [3.05, 3.63) is 41.8 Å². The lowest BCUT2D eigenvalue weighted by Gasteiger charge is -2.31. The van der Waals surface area contributed by atoms with Crippen molar-refractivity contribution in [3.8, 4) is 34.3 Å². The number of nitrogens with zero attached hydrogens (tertiary/aromatic N) is 2. The number of hydrogen-bond donors (Lipinski definition) is 0. The summed E-state index contributed by atoms with van der Waals surface area (Å²) in [6.45, 7) is 1.21. The second kappa shape index (κ2) is 10.1. The van der Waals surface area contributed by atoms with Crippen LogP contribution in [-0.2, 0) is 9.84 Å². The molecule has 1 aliphatic rings.